The maximum absolute atomic E-state index is 11.4. The van der Waals surface area contributed by atoms with Gasteiger partial charge in [0.2, 0.25) is 0 Å². The van der Waals surface area contributed by atoms with Gasteiger partial charge in [0.1, 0.15) is 0 Å². The van der Waals surface area contributed by atoms with Crippen molar-refractivity contribution >= 4 is 17.4 Å². The summed E-state index contributed by atoms with van der Waals surface area (Å²) in [5.41, 5.74) is 1.13. The molecule has 15 heavy (non-hydrogen) atoms. The van der Waals surface area contributed by atoms with Crippen LogP contribution in [-0.4, -0.2) is 20.5 Å². The fourth-order valence-corrected chi connectivity index (χ4v) is 1.14. The number of amides is 1. The Labute approximate surface area is 86.4 Å². The van der Waals surface area contributed by atoms with Gasteiger partial charge in [0.25, 0.3) is 5.91 Å². The van der Waals surface area contributed by atoms with E-state index in [1.165, 1.54) is 0 Å². The summed E-state index contributed by atoms with van der Waals surface area (Å²) in [7, 11) is 0. The SMILES string of the molecule is C=C(C)C(=O)Nc1cnc2cccnn12. The Morgan fingerprint density at radius 2 is 2.40 bits per heavy atom. The van der Waals surface area contributed by atoms with Crippen molar-refractivity contribution in [1.29, 1.82) is 0 Å². The molecule has 0 saturated heterocycles. The topological polar surface area (TPSA) is 59.3 Å². The molecule has 76 valence electrons. The largest absolute Gasteiger partial charge is 0.305 e. The number of carbonyl (C=O) groups is 1. The minimum atomic E-state index is -0.234. The molecule has 0 unspecified atom stereocenters. The monoisotopic (exact) mass is 202 g/mol. The molecule has 2 rings (SSSR count). The minimum Gasteiger partial charge on any atom is -0.305 e. The van der Waals surface area contributed by atoms with E-state index in [1.807, 2.05) is 6.07 Å². The van der Waals surface area contributed by atoms with E-state index in [1.54, 1.807) is 29.9 Å². The zero-order valence-electron chi connectivity index (χ0n) is 8.27. The summed E-state index contributed by atoms with van der Waals surface area (Å²) < 4.78 is 1.56. The lowest BCUT2D eigenvalue weighted by Gasteiger charge is -2.02. The van der Waals surface area contributed by atoms with Gasteiger partial charge in [-0.25, -0.2) is 4.98 Å². The van der Waals surface area contributed by atoms with Crippen LogP contribution in [0.5, 0.6) is 0 Å². The maximum atomic E-state index is 11.4. The second-order valence-corrected chi connectivity index (χ2v) is 3.17. The van der Waals surface area contributed by atoms with Crippen molar-refractivity contribution in [2.75, 3.05) is 5.32 Å². The summed E-state index contributed by atoms with van der Waals surface area (Å²) in [6, 6.07) is 3.59. The number of aromatic nitrogens is 3. The quantitative estimate of drug-likeness (QED) is 0.745. The smallest absolute Gasteiger partial charge is 0.251 e. The molecular weight excluding hydrogens is 192 g/mol. The minimum absolute atomic E-state index is 0.234. The van der Waals surface area contributed by atoms with E-state index in [9.17, 15) is 4.79 Å². The predicted octanol–water partition coefficient (Wildman–Crippen LogP) is 1.24. The fourth-order valence-electron chi connectivity index (χ4n) is 1.14. The number of nitrogens with one attached hydrogen (secondary N) is 1. The highest BCUT2D eigenvalue weighted by Crippen LogP contribution is 2.09. The molecule has 0 spiro atoms. The molecule has 0 bridgehead atoms. The molecule has 0 aromatic carbocycles. The normalized spacial score (nSPS) is 10.2. The molecule has 5 heteroatoms. The molecule has 0 radical (unpaired) electrons. The Balaban J connectivity index is 2.37. The van der Waals surface area contributed by atoms with Crippen LogP contribution < -0.4 is 5.32 Å². The highest BCUT2D eigenvalue weighted by Gasteiger charge is 2.07. The van der Waals surface area contributed by atoms with E-state index in [0.29, 0.717) is 17.0 Å². The van der Waals surface area contributed by atoms with Crippen molar-refractivity contribution in [2.45, 2.75) is 6.92 Å². The first-order chi connectivity index (χ1) is 7.18. The van der Waals surface area contributed by atoms with Gasteiger partial charge in [-0.2, -0.15) is 9.61 Å². The van der Waals surface area contributed by atoms with Crippen LogP contribution in [-0.2, 0) is 4.79 Å². The number of hydrogen-bond donors (Lipinski definition) is 1. The molecule has 0 aliphatic carbocycles. The summed E-state index contributed by atoms with van der Waals surface area (Å²) in [5, 5.41) is 6.73. The van der Waals surface area contributed by atoms with E-state index in [-0.39, 0.29) is 5.91 Å². The number of nitrogens with zero attached hydrogens (tertiary/aromatic N) is 3. The van der Waals surface area contributed by atoms with E-state index >= 15 is 0 Å². The van der Waals surface area contributed by atoms with Gasteiger partial charge in [-0.1, -0.05) is 6.58 Å². The zero-order chi connectivity index (χ0) is 10.8. The highest BCUT2D eigenvalue weighted by molar-refractivity contribution is 6.02. The molecule has 1 amide bonds. The van der Waals surface area contributed by atoms with Crippen LogP contribution >= 0.6 is 0 Å². The van der Waals surface area contributed by atoms with Crippen LogP contribution in [0.1, 0.15) is 6.92 Å². The first-order valence-electron chi connectivity index (χ1n) is 4.44. The van der Waals surface area contributed by atoms with Gasteiger partial charge >= 0.3 is 0 Å². The van der Waals surface area contributed by atoms with Crippen LogP contribution in [0.25, 0.3) is 5.65 Å². The Morgan fingerprint density at radius 1 is 1.60 bits per heavy atom. The average Bonchev–Trinajstić information content (AvgIpc) is 2.62. The van der Waals surface area contributed by atoms with Crippen molar-refractivity contribution in [3.63, 3.8) is 0 Å². The molecule has 0 aliphatic heterocycles. The summed E-state index contributed by atoms with van der Waals surface area (Å²) in [6.07, 6.45) is 3.19. The fraction of sp³-hybridized carbons (Fsp3) is 0.100. The lowest BCUT2D eigenvalue weighted by Crippen LogP contribution is -2.13. The number of carbonyl (C=O) groups excluding carboxylic acids is 1. The molecule has 0 aliphatic rings. The second-order valence-electron chi connectivity index (χ2n) is 3.17. The molecule has 0 saturated carbocycles. The predicted molar refractivity (Wildman–Crippen MR) is 56.4 cm³/mol. The van der Waals surface area contributed by atoms with Crippen molar-refractivity contribution in [3.8, 4) is 0 Å². The molecule has 0 atom stereocenters. The summed E-state index contributed by atoms with van der Waals surface area (Å²) in [6.45, 7) is 5.20. The Hall–Kier alpha value is -2.17. The number of fused-ring (bicyclic) bond motifs is 1. The van der Waals surface area contributed by atoms with Crippen LogP contribution in [0.15, 0.2) is 36.7 Å². The molecule has 5 nitrogen and oxygen atoms in total. The third kappa shape index (κ3) is 1.71. The van der Waals surface area contributed by atoms with E-state index in [2.05, 4.69) is 22.0 Å². The summed E-state index contributed by atoms with van der Waals surface area (Å²) >= 11 is 0. The highest BCUT2D eigenvalue weighted by atomic mass is 16.1. The Bertz CT molecular complexity index is 529. The molecule has 0 fully saturated rings. The first kappa shape index (κ1) is 9.39. The van der Waals surface area contributed by atoms with Gasteiger partial charge < -0.3 is 5.32 Å². The number of hydrogen-bond acceptors (Lipinski definition) is 3. The van der Waals surface area contributed by atoms with E-state index < -0.39 is 0 Å². The van der Waals surface area contributed by atoms with Crippen LogP contribution in [0, 0.1) is 0 Å². The summed E-state index contributed by atoms with van der Waals surface area (Å²) in [4.78, 5) is 15.5. The van der Waals surface area contributed by atoms with E-state index in [0.717, 1.165) is 0 Å². The molecule has 2 heterocycles. The average molecular weight is 202 g/mol. The number of imidazole rings is 1. The zero-order valence-corrected chi connectivity index (χ0v) is 8.27. The maximum Gasteiger partial charge on any atom is 0.251 e. The number of rotatable bonds is 2. The summed E-state index contributed by atoms with van der Waals surface area (Å²) in [5.74, 6) is 0.307. The van der Waals surface area contributed by atoms with Crippen molar-refractivity contribution in [1.82, 2.24) is 14.6 Å². The van der Waals surface area contributed by atoms with E-state index in [4.69, 9.17) is 0 Å². The van der Waals surface area contributed by atoms with Gasteiger partial charge in [0.15, 0.2) is 11.5 Å². The van der Waals surface area contributed by atoms with Gasteiger partial charge in [-0.15, -0.1) is 0 Å². The molecular formula is C10H10N4O. The molecule has 2 aromatic rings. The van der Waals surface area contributed by atoms with Crippen molar-refractivity contribution in [3.05, 3.63) is 36.7 Å². The van der Waals surface area contributed by atoms with Crippen LogP contribution in [0.2, 0.25) is 0 Å². The standard InChI is InChI=1S/C10H10N4O/c1-7(2)10(15)13-9-6-11-8-4-3-5-12-14(8)9/h3-6H,1H2,2H3,(H,13,15). The van der Waals surface area contributed by atoms with Gasteiger partial charge in [0.05, 0.1) is 6.20 Å². The third-order valence-corrected chi connectivity index (χ3v) is 1.91. The third-order valence-electron chi connectivity index (χ3n) is 1.91. The lowest BCUT2D eigenvalue weighted by atomic mass is 10.3. The van der Waals surface area contributed by atoms with Gasteiger partial charge in [-0.3, -0.25) is 4.79 Å². The Morgan fingerprint density at radius 3 is 3.13 bits per heavy atom. The van der Waals surface area contributed by atoms with Crippen molar-refractivity contribution in [2.24, 2.45) is 0 Å². The molecule has 2 aromatic heterocycles. The first-order valence-corrected chi connectivity index (χ1v) is 4.44. The lowest BCUT2D eigenvalue weighted by molar-refractivity contribution is -0.112. The van der Waals surface area contributed by atoms with Crippen LogP contribution in [0.3, 0.4) is 0 Å². The van der Waals surface area contributed by atoms with Gasteiger partial charge in [-0.05, 0) is 19.1 Å². The molecule has 1 N–H and O–H groups in total. The van der Waals surface area contributed by atoms with Gasteiger partial charge in [0, 0.05) is 11.8 Å². The second kappa shape index (κ2) is 3.53. The van der Waals surface area contributed by atoms with Crippen molar-refractivity contribution < 1.29 is 4.79 Å². The number of anilines is 1. The van der Waals surface area contributed by atoms with Crippen LogP contribution in [0.4, 0.5) is 5.82 Å². The Kier molecular flexibility index (Phi) is 2.21.